The molecule has 3 heterocycles. The second-order valence-electron chi connectivity index (χ2n) is 6.08. The smallest absolute Gasteiger partial charge is 0.339 e. The molecule has 2 amide bonds. The zero-order chi connectivity index (χ0) is 17.1. The molecule has 4 rings (SSSR count). The Morgan fingerprint density at radius 3 is 2.79 bits per heavy atom. The number of methoxy groups -OCH3 is 1. The highest BCUT2D eigenvalue weighted by atomic mass is 16.5. The fraction of sp³-hybridized carbons (Fsp3) is 0.353. The molecule has 1 aromatic rings. The monoisotopic (exact) mass is 329 g/mol. The minimum Gasteiger partial charge on any atom is -0.465 e. The minimum absolute atomic E-state index is 0.140. The van der Waals surface area contributed by atoms with E-state index in [4.69, 9.17) is 9.47 Å². The summed E-state index contributed by atoms with van der Waals surface area (Å²) in [6.45, 7) is -0.382. The number of amides is 2. The fourth-order valence-corrected chi connectivity index (χ4v) is 3.87. The summed E-state index contributed by atoms with van der Waals surface area (Å²) in [6.07, 6.45) is 2.83. The minimum atomic E-state index is -1.16. The highest BCUT2D eigenvalue weighted by Gasteiger charge is 2.67. The number of ether oxygens (including phenoxy) is 2. The Kier molecular flexibility index (Phi) is 3.13. The number of imide groups is 1. The van der Waals surface area contributed by atoms with Gasteiger partial charge >= 0.3 is 5.97 Å². The Hall–Kier alpha value is -2.51. The maximum Gasteiger partial charge on any atom is 0.339 e. The van der Waals surface area contributed by atoms with Gasteiger partial charge in [-0.2, -0.15) is 0 Å². The van der Waals surface area contributed by atoms with E-state index in [0.717, 1.165) is 4.90 Å². The molecule has 124 valence electrons. The number of carbonyl (C=O) groups is 3. The summed E-state index contributed by atoms with van der Waals surface area (Å²) < 4.78 is 10.4. The SMILES string of the molecule is COC(=O)c1ccccc1N1C(=O)[C@H]2[C@@H]3C=C[C@](CO)(O3)[C@@H]2C1=O. The highest BCUT2D eigenvalue weighted by molar-refractivity contribution is 6.25. The second kappa shape index (κ2) is 4.99. The first-order chi connectivity index (χ1) is 11.5. The number of nitrogens with zero attached hydrogens (tertiary/aromatic N) is 1. The molecule has 0 saturated carbocycles. The van der Waals surface area contributed by atoms with Crippen molar-refractivity contribution in [3.63, 3.8) is 0 Å². The number of esters is 1. The number of hydrogen-bond donors (Lipinski definition) is 1. The molecule has 4 atom stereocenters. The molecule has 0 unspecified atom stereocenters. The fourth-order valence-electron chi connectivity index (χ4n) is 3.87. The van der Waals surface area contributed by atoms with Crippen molar-refractivity contribution >= 4 is 23.5 Å². The van der Waals surface area contributed by atoms with Crippen LogP contribution in [0.3, 0.4) is 0 Å². The lowest BCUT2D eigenvalue weighted by Crippen LogP contribution is -2.43. The molecule has 24 heavy (non-hydrogen) atoms. The van der Waals surface area contributed by atoms with Crippen LogP contribution in [0.1, 0.15) is 10.4 Å². The van der Waals surface area contributed by atoms with Gasteiger partial charge in [-0.1, -0.05) is 24.3 Å². The molecule has 0 aliphatic carbocycles. The molecular formula is C17H15NO6. The number of hydrogen-bond acceptors (Lipinski definition) is 6. The van der Waals surface area contributed by atoms with Gasteiger partial charge in [0, 0.05) is 0 Å². The van der Waals surface area contributed by atoms with Gasteiger partial charge in [-0.15, -0.1) is 0 Å². The lowest BCUT2D eigenvalue weighted by atomic mass is 9.77. The number of fused-ring (bicyclic) bond motifs is 5. The quantitative estimate of drug-likeness (QED) is 0.486. The van der Waals surface area contributed by atoms with Gasteiger partial charge in [0.2, 0.25) is 11.8 Å². The molecule has 0 spiro atoms. The lowest BCUT2D eigenvalue weighted by molar-refractivity contribution is -0.128. The molecular weight excluding hydrogens is 314 g/mol. The van der Waals surface area contributed by atoms with E-state index in [9.17, 15) is 19.5 Å². The number of rotatable bonds is 3. The van der Waals surface area contributed by atoms with E-state index in [1.54, 1.807) is 24.3 Å². The van der Waals surface area contributed by atoms with Crippen LogP contribution in [-0.4, -0.2) is 48.3 Å². The predicted molar refractivity (Wildman–Crippen MR) is 81.1 cm³/mol. The maximum atomic E-state index is 12.9. The Labute approximate surface area is 137 Å². The number of anilines is 1. The van der Waals surface area contributed by atoms with Crippen LogP contribution in [0.25, 0.3) is 0 Å². The molecule has 1 N–H and O–H groups in total. The molecule has 3 aliphatic rings. The molecule has 2 saturated heterocycles. The van der Waals surface area contributed by atoms with E-state index in [1.165, 1.54) is 19.2 Å². The molecule has 7 heteroatoms. The summed E-state index contributed by atoms with van der Waals surface area (Å²) in [5, 5.41) is 9.70. The van der Waals surface area contributed by atoms with E-state index in [2.05, 4.69) is 0 Å². The van der Waals surface area contributed by atoms with Crippen molar-refractivity contribution < 1.29 is 29.0 Å². The van der Waals surface area contributed by atoms with Crippen molar-refractivity contribution in [2.75, 3.05) is 18.6 Å². The van der Waals surface area contributed by atoms with Crippen LogP contribution in [0.2, 0.25) is 0 Å². The largest absolute Gasteiger partial charge is 0.465 e. The molecule has 2 bridgehead atoms. The molecule has 3 aliphatic heterocycles. The van der Waals surface area contributed by atoms with E-state index in [1.807, 2.05) is 0 Å². The van der Waals surface area contributed by atoms with E-state index >= 15 is 0 Å². The number of aliphatic hydroxyl groups is 1. The lowest BCUT2D eigenvalue weighted by Gasteiger charge is -2.26. The van der Waals surface area contributed by atoms with Crippen molar-refractivity contribution in [3.8, 4) is 0 Å². The standard InChI is InChI=1S/C17H15NO6/c1-23-16(22)9-4-2-3-5-10(9)18-14(20)12-11-6-7-17(8-19,24-11)13(12)15(18)21/h2-7,11-13,19H,8H2,1H3/t11-,12-,13-,17+/m0/s1. The maximum absolute atomic E-state index is 12.9. The summed E-state index contributed by atoms with van der Waals surface area (Å²) in [5.74, 6) is -2.98. The summed E-state index contributed by atoms with van der Waals surface area (Å²) in [7, 11) is 1.24. The third-order valence-corrected chi connectivity index (χ3v) is 4.95. The Morgan fingerprint density at radius 2 is 2.08 bits per heavy atom. The predicted octanol–water partition coefficient (Wildman–Crippen LogP) is 0.278. The van der Waals surface area contributed by atoms with Crippen molar-refractivity contribution in [2.45, 2.75) is 11.7 Å². The first-order valence-corrected chi connectivity index (χ1v) is 7.57. The normalized spacial score (nSPS) is 33.2. The van der Waals surface area contributed by atoms with Crippen molar-refractivity contribution in [3.05, 3.63) is 42.0 Å². The van der Waals surface area contributed by atoms with Gasteiger partial charge in [-0.3, -0.25) is 9.59 Å². The van der Waals surface area contributed by atoms with Gasteiger partial charge in [-0.25, -0.2) is 9.69 Å². The van der Waals surface area contributed by atoms with Gasteiger partial charge in [-0.05, 0) is 12.1 Å². The Morgan fingerprint density at radius 1 is 1.33 bits per heavy atom. The topological polar surface area (TPSA) is 93.1 Å². The zero-order valence-corrected chi connectivity index (χ0v) is 12.8. The number of para-hydroxylation sites is 1. The van der Waals surface area contributed by atoms with Crippen LogP contribution < -0.4 is 4.90 Å². The van der Waals surface area contributed by atoms with Crippen LogP contribution in [0, 0.1) is 11.8 Å². The summed E-state index contributed by atoms with van der Waals surface area (Å²) >= 11 is 0. The van der Waals surface area contributed by atoms with Gasteiger partial charge in [0.25, 0.3) is 0 Å². The van der Waals surface area contributed by atoms with Gasteiger partial charge in [0.15, 0.2) is 0 Å². The van der Waals surface area contributed by atoms with Gasteiger partial charge < -0.3 is 14.6 Å². The van der Waals surface area contributed by atoms with Crippen molar-refractivity contribution in [1.29, 1.82) is 0 Å². The average molecular weight is 329 g/mol. The van der Waals surface area contributed by atoms with Gasteiger partial charge in [0.1, 0.15) is 5.60 Å². The summed E-state index contributed by atoms with van der Waals surface area (Å²) in [6, 6.07) is 6.30. The van der Waals surface area contributed by atoms with Crippen LogP contribution >= 0.6 is 0 Å². The average Bonchev–Trinajstić information content (AvgIpc) is 3.25. The first-order valence-electron chi connectivity index (χ1n) is 7.57. The zero-order valence-electron chi connectivity index (χ0n) is 12.8. The number of benzene rings is 1. The second-order valence-corrected chi connectivity index (χ2v) is 6.08. The van der Waals surface area contributed by atoms with Crippen molar-refractivity contribution in [2.24, 2.45) is 11.8 Å². The molecule has 0 aromatic heterocycles. The van der Waals surface area contributed by atoms with Gasteiger partial charge in [0.05, 0.1) is 42.9 Å². The summed E-state index contributed by atoms with van der Waals surface area (Å²) in [5.41, 5.74) is -0.820. The molecule has 1 aromatic carbocycles. The van der Waals surface area contributed by atoms with E-state index in [0.29, 0.717) is 0 Å². The van der Waals surface area contributed by atoms with Crippen LogP contribution in [-0.2, 0) is 19.1 Å². The summed E-state index contributed by atoms with van der Waals surface area (Å²) in [4.78, 5) is 38.8. The first kappa shape index (κ1) is 15.0. The highest BCUT2D eigenvalue weighted by Crippen LogP contribution is 2.52. The van der Waals surface area contributed by atoms with Crippen LogP contribution in [0.5, 0.6) is 0 Å². The number of carbonyl (C=O) groups excluding carboxylic acids is 3. The molecule has 0 radical (unpaired) electrons. The third kappa shape index (κ3) is 1.71. The van der Waals surface area contributed by atoms with Crippen LogP contribution in [0.4, 0.5) is 5.69 Å². The molecule has 2 fully saturated rings. The van der Waals surface area contributed by atoms with Crippen molar-refractivity contribution in [1.82, 2.24) is 0 Å². The number of aliphatic hydroxyl groups excluding tert-OH is 1. The Bertz CT molecular complexity index is 787. The van der Waals surface area contributed by atoms with E-state index in [-0.39, 0.29) is 17.9 Å². The molecule has 7 nitrogen and oxygen atoms in total. The Balaban J connectivity index is 1.80. The van der Waals surface area contributed by atoms with E-state index < -0.39 is 41.3 Å². The van der Waals surface area contributed by atoms with Crippen LogP contribution in [0.15, 0.2) is 36.4 Å². The third-order valence-electron chi connectivity index (χ3n) is 4.95.